The van der Waals surface area contributed by atoms with E-state index in [9.17, 15) is 15.3 Å². The van der Waals surface area contributed by atoms with Crippen LogP contribution in [-0.4, -0.2) is 49.7 Å². The van der Waals surface area contributed by atoms with Crippen molar-refractivity contribution in [2.24, 2.45) is 0 Å². The van der Waals surface area contributed by atoms with Gasteiger partial charge in [-0.2, -0.15) is 0 Å². The van der Waals surface area contributed by atoms with Gasteiger partial charge in [0.25, 0.3) is 0 Å². The Hall–Kier alpha value is -2.64. The zero-order valence-corrected chi connectivity index (χ0v) is 15.7. The molecule has 0 aliphatic carbocycles. The second-order valence-electron chi connectivity index (χ2n) is 6.50. The van der Waals surface area contributed by atoms with Gasteiger partial charge in [-0.15, -0.1) is 0 Å². The molecular formula is C20H25NO6. The highest BCUT2D eigenvalue weighted by atomic mass is 16.5. The van der Waals surface area contributed by atoms with Gasteiger partial charge in [0.15, 0.2) is 23.0 Å². The van der Waals surface area contributed by atoms with Crippen molar-refractivity contribution in [3.8, 4) is 28.7 Å². The number of hydrogen-bond acceptors (Lipinski definition) is 7. The molecule has 0 aromatic heterocycles. The number of methoxy groups -OCH3 is 3. The van der Waals surface area contributed by atoms with E-state index in [-0.39, 0.29) is 17.4 Å². The lowest BCUT2D eigenvalue weighted by Gasteiger charge is -2.25. The number of phenols is 2. The number of hydrogen-bond donors (Lipinski definition) is 4. The first-order valence-electron chi connectivity index (χ1n) is 8.73. The molecule has 7 heteroatoms. The molecule has 2 atom stereocenters. The van der Waals surface area contributed by atoms with Crippen LogP contribution in [0.5, 0.6) is 28.7 Å². The van der Waals surface area contributed by atoms with E-state index in [2.05, 4.69) is 5.32 Å². The molecule has 1 aliphatic rings. The van der Waals surface area contributed by atoms with Crippen molar-refractivity contribution in [2.75, 3.05) is 34.4 Å². The van der Waals surface area contributed by atoms with Crippen molar-refractivity contribution in [1.29, 1.82) is 0 Å². The van der Waals surface area contributed by atoms with Gasteiger partial charge in [-0.05, 0) is 53.9 Å². The largest absolute Gasteiger partial charge is 0.504 e. The Morgan fingerprint density at radius 3 is 2.19 bits per heavy atom. The van der Waals surface area contributed by atoms with E-state index in [0.717, 1.165) is 17.7 Å². The second-order valence-corrected chi connectivity index (χ2v) is 6.50. The minimum absolute atomic E-state index is 0.156. The maximum absolute atomic E-state index is 11.1. The number of rotatable bonds is 5. The smallest absolute Gasteiger partial charge is 0.203 e. The van der Waals surface area contributed by atoms with Crippen molar-refractivity contribution >= 4 is 0 Å². The minimum Gasteiger partial charge on any atom is -0.504 e. The first kappa shape index (κ1) is 19.1. The Bertz CT molecular complexity index is 797. The number of aromatic hydroxyl groups is 2. The van der Waals surface area contributed by atoms with E-state index >= 15 is 0 Å². The molecule has 146 valence electrons. The van der Waals surface area contributed by atoms with Crippen LogP contribution < -0.4 is 19.5 Å². The highest BCUT2D eigenvalue weighted by Gasteiger charge is 2.29. The number of phenolic OH excluding ortho intramolecular Hbond substituents is 2. The molecule has 2 unspecified atom stereocenters. The summed E-state index contributed by atoms with van der Waals surface area (Å²) in [5.74, 6) is 0.701. The van der Waals surface area contributed by atoms with Crippen LogP contribution in [-0.2, 0) is 6.42 Å². The van der Waals surface area contributed by atoms with E-state index in [1.54, 1.807) is 18.2 Å². The normalized spacial score (nSPS) is 17.6. The van der Waals surface area contributed by atoms with Gasteiger partial charge in [-0.3, -0.25) is 0 Å². The molecule has 0 radical (unpaired) electrons. The third kappa shape index (κ3) is 3.61. The Morgan fingerprint density at radius 1 is 0.963 bits per heavy atom. The van der Waals surface area contributed by atoms with Crippen molar-refractivity contribution in [3.05, 3.63) is 41.0 Å². The van der Waals surface area contributed by atoms with Crippen LogP contribution >= 0.6 is 0 Å². The number of nitrogens with one attached hydrogen (secondary N) is 1. The maximum Gasteiger partial charge on any atom is 0.203 e. The molecule has 0 fully saturated rings. The van der Waals surface area contributed by atoms with Crippen LogP contribution in [0.15, 0.2) is 24.3 Å². The average molecular weight is 375 g/mol. The van der Waals surface area contributed by atoms with E-state index in [1.807, 2.05) is 0 Å². The summed E-state index contributed by atoms with van der Waals surface area (Å²) < 4.78 is 16.1. The molecule has 2 aromatic carbocycles. The average Bonchev–Trinajstić information content (AvgIpc) is 2.88. The van der Waals surface area contributed by atoms with Gasteiger partial charge in [0.1, 0.15) is 0 Å². The second kappa shape index (κ2) is 7.94. The fraction of sp³-hybridized carbons (Fsp3) is 0.400. The van der Waals surface area contributed by atoms with Gasteiger partial charge < -0.3 is 34.8 Å². The molecule has 1 aliphatic heterocycles. The zero-order chi connectivity index (χ0) is 19.6. The molecule has 4 N–H and O–H groups in total. The summed E-state index contributed by atoms with van der Waals surface area (Å²) in [6, 6.07) is 6.53. The van der Waals surface area contributed by atoms with E-state index < -0.39 is 6.10 Å². The summed E-state index contributed by atoms with van der Waals surface area (Å²) in [7, 11) is 4.57. The first-order valence-corrected chi connectivity index (χ1v) is 8.73. The lowest BCUT2D eigenvalue weighted by molar-refractivity contribution is 0.143. The number of aliphatic hydroxyl groups is 1. The molecule has 0 amide bonds. The van der Waals surface area contributed by atoms with Crippen molar-refractivity contribution in [3.63, 3.8) is 0 Å². The number of benzene rings is 2. The van der Waals surface area contributed by atoms with Gasteiger partial charge in [0.2, 0.25) is 5.75 Å². The van der Waals surface area contributed by atoms with Gasteiger partial charge in [0.05, 0.1) is 27.4 Å². The number of fused-ring (bicyclic) bond motifs is 1. The van der Waals surface area contributed by atoms with Crippen LogP contribution in [0, 0.1) is 0 Å². The summed E-state index contributed by atoms with van der Waals surface area (Å²) in [5.41, 5.74) is 2.31. The highest BCUT2D eigenvalue weighted by Crippen LogP contribution is 2.44. The predicted octanol–water partition coefficient (Wildman–Crippen LogP) is 2.09. The molecule has 3 rings (SSSR count). The lowest BCUT2D eigenvalue weighted by atomic mass is 9.86. The standard InChI is InChI=1S/C20H25NO6/c1-25-17-7-12(8-18(26-2)20(17)27-3)19(24)14-10-21-5-4-11-6-15(22)16(23)9-13(11)14/h6-9,14,19,21-24H,4-5,10H2,1-3H3. The van der Waals surface area contributed by atoms with E-state index in [0.29, 0.717) is 35.8 Å². The van der Waals surface area contributed by atoms with Crippen molar-refractivity contribution in [1.82, 2.24) is 5.32 Å². The zero-order valence-electron chi connectivity index (χ0n) is 15.7. The third-order valence-electron chi connectivity index (χ3n) is 4.98. The monoisotopic (exact) mass is 375 g/mol. The SMILES string of the molecule is COc1cc(C(O)C2CNCCc3cc(O)c(O)cc32)cc(OC)c1OC. The van der Waals surface area contributed by atoms with Crippen LogP contribution in [0.2, 0.25) is 0 Å². The van der Waals surface area contributed by atoms with Crippen LogP contribution in [0.4, 0.5) is 0 Å². The van der Waals surface area contributed by atoms with E-state index in [4.69, 9.17) is 14.2 Å². The molecule has 27 heavy (non-hydrogen) atoms. The topological polar surface area (TPSA) is 100 Å². The molecule has 0 bridgehead atoms. The Kier molecular flexibility index (Phi) is 5.62. The van der Waals surface area contributed by atoms with Gasteiger partial charge >= 0.3 is 0 Å². The maximum atomic E-state index is 11.1. The number of ether oxygens (including phenoxy) is 3. The Labute approximate surface area is 158 Å². The van der Waals surface area contributed by atoms with Gasteiger partial charge in [0, 0.05) is 12.5 Å². The molecule has 7 nitrogen and oxygen atoms in total. The minimum atomic E-state index is -0.882. The summed E-state index contributed by atoms with van der Waals surface area (Å²) in [4.78, 5) is 0. The number of aliphatic hydroxyl groups excluding tert-OH is 1. The van der Waals surface area contributed by atoms with Crippen molar-refractivity contribution in [2.45, 2.75) is 18.4 Å². The highest BCUT2D eigenvalue weighted by molar-refractivity contribution is 5.55. The molecule has 1 heterocycles. The fourth-order valence-electron chi connectivity index (χ4n) is 3.57. The summed E-state index contributed by atoms with van der Waals surface area (Å²) >= 11 is 0. The van der Waals surface area contributed by atoms with Crippen LogP contribution in [0.1, 0.15) is 28.7 Å². The Balaban J connectivity index is 2.06. The summed E-state index contributed by atoms with van der Waals surface area (Å²) in [6.07, 6.45) is -0.186. The summed E-state index contributed by atoms with van der Waals surface area (Å²) in [5, 5.41) is 34.2. The molecule has 0 saturated carbocycles. The van der Waals surface area contributed by atoms with Gasteiger partial charge in [-0.1, -0.05) is 0 Å². The quantitative estimate of drug-likeness (QED) is 0.594. The van der Waals surface area contributed by atoms with Gasteiger partial charge in [-0.25, -0.2) is 0 Å². The molecule has 0 saturated heterocycles. The van der Waals surface area contributed by atoms with Crippen LogP contribution in [0.3, 0.4) is 0 Å². The predicted molar refractivity (Wildman–Crippen MR) is 100 cm³/mol. The molecular weight excluding hydrogens is 350 g/mol. The Morgan fingerprint density at radius 2 is 1.59 bits per heavy atom. The lowest BCUT2D eigenvalue weighted by Crippen LogP contribution is -2.24. The van der Waals surface area contributed by atoms with E-state index in [1.165, 1.54) is 27.4 Å². The van der Waals surface area contributed by atoms with Crippen LogP contribution in [0.25, 0.3) is 0 Å². The molecule has 0 spiro atoms. The summed E-state index contributed by atoms with van der Waals surface area (Å²) in [6.45, 7) is 1.24. The van der Waals surface area contributed by atoms with Crippen molar-refractivity contribution < 1.29 is 29.5 Å². The third-order valence-corrected chi connectivity index (χ3v) is 4.98. The fourth-order valence-corrected chi connectivity index (χ4v) is 3.57. The molecule has 2 aromatic rings. The first-order chi connectivity index (χ1) is 13.0.